The molecule has 0 saturated carbocycles. The van der Waals surface area contributed by atoms with Gasteiger partial charge in [-0.15, -0.1) is 0 Å². The monoisotopic (exact) mass is 329 g/mol. The molecule has 3 nitrogen and oxygen atoms in total. The molecule has 0 aliphatic carbocycles. The number of aromatic carboxylic acids is 1. The van der Waals surface area contributed by atoms with Crippen LogP contribution in [0.4, 0.5) is 0 Å². The number of aromatic nitrogens is 1. The number of carboxylic acids is 1. The summed E-state index contributed by atoms with van der Waals surface area (Å²) in [4.78, 5) is 18.6. The highest BCUT2D eigenvalue weighted by Gasteiger charge is 2.25. The molecule has 1 N–H and O–H groups in total. The Balaban J connectivity index is 2.01. The predicted octanol–water partition coefficient (Wildman–Crippen LogP) is 5.22. The minimum atomic E-state index is -0.901. The van der Waals surface area contributed by atoms with Crippen LogP contribution in [0, 0.1) is 0 Å². The van der Waals surface area contributed by atoms with E-state index in [1.165, 1.54) is 0 Å². The van der Waals surface area contributed by atoms with Crippen LogP contribution in [-0.2, 0) is 0 Å². The smallest absolute Gasteiger partial charge is 0.336 e. The van der Waals surface area contributed by atoms with Crippen LogP contribution < -0.4 is 0 Å². The Morgan fingerprint density at radius 2 is 1.71 bits per heavy atom. The second-order valence-corrected chi connectivity index (χ2v) is 6.80. The molecule has 1 aliphatic heterocycles. The van der Waals surface area contributed by atoms with Crippen molar-refractivity contribution in [2.45, 2.75) is 9.79 Å². The number of fused-ring (bicyclic) bond motifs is 4. The Morgan fingerprint density at radius 1 is 0.917 bits per heavy atom. The van der Waals surface area contributed by atoms with Crippen molar-refractivity contribution in [3.05, 3.63) is 66.2 Å². The average molecular weight is 329 g/mol. The maximum absolute atomic E-state index is 11.7. The van der Waals surface area contributed by atoms with Crippen molar-refractivity contribution < 1.29 is 9.90 Å². The van der Waals surface area contributed by atoms with Gasteiger partial charge in [-0.25, -0.2) is 9.78 Å². The summed E-state index contributed by atoms with van der Waals surface area (Å²) >= 11 is 1.63. The molecule has 0 saturated heterocycles. The Hall–Kier alpha value is -2.85. The zero-order valence-electron chi connectivity index (χ0n) is 12.5. The van der Waals surface area contributed by atoms with Gasteiger partial charge in [-0.3, -0.25) is 0 Å². The highest BCUT2D eigenvalue weighted by molar-refractivity contribution is 8.00. The molecule has 3 aromatic carbocycles. The molecule has 0 radical (unpaired) electrons. The van der Waals surface area contributed by atoms with Crippen molar-refractivity contribution >= 4 is 39.5 Å². The Labute approximate surface area is 142 Å². The molecular weight excluding hydrogens is 318 g/mol. The van der Waals surface area contributed by atoms with Gasteiger partial charge in [0.25, 0.3) is 0 Å². The van der Waals surface area contributed by atoms with Gasteiger partial charge in [-0.2, -0.15) is 0 Å². The van der Waals surface area contributed by atoms with E-state index < -0.39 is 5.97 Å². The molecule has 0 amide bonds. The van der Waals surface area contributed by atoms with E-state index >= 15 is 0 Å². The van der Waals surface area contributed by atoms with E-state index in [1.54, 1.807) is 17.8 Å². The van der Waals surface area contributed by atoms with Crippen LogP contribution in [0.25, 0.3) is 32.9 Å². The van der Waals surface area contributed by atoms with Crippen molar-refractivity contribution in [3.8, 4) is 11.1 Å². The Bertz CT molecular complexity index is 1170. The third-order valence-corrected chi connectivity index (χ3v) is 5.59. The molecule has 0 spiro atoms. The summed E-state index contributed by atoms with van der Waals surface area (Å²) in [5.74, 6) is -0.901. The average Bonchev–Trinajstić information content (AvgIpc) is 2.61. The molecule has 114 valence electrons. The molecule has 2 heterocycles. The second kappa shape index (κ2) is 4.82. The summed E-state index contributed by atoms with van der Waals surface area (Å²) < 4.78 is 0. The predicted molar refractivity (Wildman–Crippen MR) is 95.8 cm³/mol. The molecule has 4 aromatic rings. The quantitative estimate of drug-likeness (QED) is 0.428. The van der Waals surface area contributed by atoms with Crippen molar-refractivity contribution in [3.63, 3.8) is 0 Å². The molecule has 24 heavy (non-hydrogen) atoms. The van der Waals surface area contributed by atoms with Gasteiger partial charge in [-0.1, -0.05) is 48.2 Å². The molecule has 4 heteroatoms. The largest absolute Gasteiger partial charge is 0.478 e. The molecule has 1 aliphatic rings. The minimum Gasteiger partial charge on any atom is -0.478 e. The van der Waals surface area contributed by atoms with Gasteiger partial charge < -0.3 is 5.11 Å². The number of carboxylic acid groups (broad SMARTS) is 1. The number of hydrogen-bond acceptors (Lipinski definition) is 3. The van der Waals surface area contributed by atoms with Crippen molar-refractivity contribution in [2.24, 2.45) is 0 Å². The van der Waals surface area contributed by atoms with E-state index in [4.69, 9.17) is 4.98 Å². The summed E-state index contributed by atoms with van der Waals surface area (Å²) in [7, 11) is 0. The molecular formula is C20H11NO2S. The number of pyridine rings is 1. The lowest BCUT2D eigenvalue weighted by molar-refractivity contribution is 0.0697. The van der Waals surface area contributed by atoms with E-state index in [9.17, 15) is 9.90 Å². The van der Waals surface area contributed by atoms with Crippen LogP contribution in [0.3, 0.4) is 0 Å². The molecule has 0 atom stereocenters. The first-order valence-electron chi connectivity index (χ1n) is 7.60. The van der Waals surface area contributed by atoms with Gasteiger partial charge in [0.15, 0.2) is 0 Å². The third-order valence-electron chi connectivity index (χ3n) is 4.40. The Kier molecular flexibility index (Phi) is 2.73. The van der Waals surface area contributed by atoms with E-state index in [0.717, 1.165) is 42.7 Å². The summed E-state index contributed by atoms with van der Waals surface area (Å²) in [6.45, 7) is 0. The van der Waals surface area contributed by atoms with Crippen molar-refractivity contribution in [1.29, 1.82) is 0 Å². The number of rotatable bonds is 1. The molecule has 5 rings (SSSR count). The highest BCUT2D eigenvalue weighted by Crippen LogP contribution is 2.50. The molecule has 1 aromatic heterocycles. The maximum Gasteiger partial charge on any atom is 0.336 e. The van der Waals surface area contributed by atoms with Crippen molar-refractivity contribution in [2.75, 3.05) is 0 Å². The lowest BCUT2D eigenvalue weighted by Crippen LogP contribution is -2.04. The van der Waals surface area contributed by atoms with Gasteiger partial charge in [0.2, 0.25) is 0 Å². The fourth-order valence-electron chi connectivity index (χ4n) is 3.40. The van der Waals surface area contributed by atoms with Gasteiger partial charge in [0.1, 0.15) is 0 Å². The van der Waals surface area contributed by atoms with E-state index in [0.29, 0.717) is 5.56 Å². The summed E-state index contributed by atoms with van der Waals surface area (Å²) in [5, 5.41) is 11.7. The second-order valence-electron chi connectivity index (χ2n) is 5.74. The lowest BCUT2D eigenvalue weighted by atomic mass is 9.94. The molecule has 0 fully saturated rings. The van der Waals surface area contributed by atoms with E-state index in [2.05, 4.69) is 6.07 Å². The summed E-state index contributed by atoms with van der Waals surface area (Å²) in [6, 6.07) is 19.5. The topological polar surface area (TPSA) is 50.2 Å². The normalized spacial score (nSPS) is 12.3. The Morgan fingerprint density at radius 3 is 2.58 bits per heavy atom. The van der Waals surface area contributed by atoms with E-state index in [-0.39, 0.29) is 0 Å². The fourth-order valence-corrected chi connectivity index (χ4v) is 4.68. The fraction of sp³-hybridized carbons (Fsp3) is 0. The number of para-hydroxylation sites is 1. The van der Waals surface area contributed by atoms with Gasteiger partial charge in [0.05, 0.1) is 16.6 Å². The van der Waals surface area contributed by atoms with Crippen molar-refractivity contribution in [1.82, 2.24) is 4.98 Å². The molecule has 0 bridgehead atoms. The number of carbonyl (C=O) groups is 1. The lowest BCUT2D eigenvalue weighted by Gasteiger charge is -2.22. The highest BCUT2D eigenvalue weighted by atomic mass is 32.2. The third kappa shape index (κ3) is 1.74. The van der Waals surface area contributed by atoms with Crippen LogP contribution in [0.15, 0.2) is 70.5 Å². The van der Waals surface area contributed by atoms with E-state index in [1.807, 2.05) is 48.5 Å². The summed E-state index contributed by atoms with van der Waals surface area (Å²) in [5.41, 5.74) is 3.95. The first-order valence-corrected chi connectivity index (χ1v) is 8.42. The zero-order valence-corrected chi connectivity index (χ0v) is 13.3. The maximum atomic E-state index is 11.7. The van der Waals surface area contributed by atoms with Gasteiger partial charge in [-0.05, 0) is 29.8 Å². The van der Waals surface area contributed by atoms with Gasteiger partial charge >= 0.3 is 5.97 Å². The standard InChI is InChI=1S/C20H11NO2S/c22-20(23)13-7-4-10-16-17(13)12-6-3-9-15-18(12)19(24-16)11-5-1-2-8-14(11)21-15/h1-10H,(H,22,23). The van der Waals surface area contributed by atoms with Crippen LogP contribution in [0.2, 0.25) is 0 Å². The first kappa shape index (κ1) is 13.6. The summed E-state index contributed by atoms with van der Waals surface area (Å²) in [6.07, 6.45) is 0. The van der Waals surface area contributed by atoms with Crippen LogP contribution in [0.1, 0.15) is 10.4 Å². The van der Waals surface area contributed by atoms with Crippen LogP contribution in [-0.4, -0.2) is 16.1 Å². The van der Waals surface area contributed by atoms with Crippen LogP contribution >= 0.6 is 11.8 Å². The molecule has 0 unspecified atom stereocenters. The number of nitrogens with zero attached hydrogens (tertiary/aromatic N) is 1. The van der Waals surface area contributed by atoms with Crippen LogP contribution in [0.5, 0.6) is 0 Å². The minimum absolute atomic E-state index is 0.339. The SMILES string of the molecule is O=C(O)c1cccc2c1-c1cccc3nc4ccccc4c(c13)S2. The number of benzene rings is 3. The van der Waals surface area contributed by atoms with Gasteiger partial charge in [0, 0.05) is 26.1 Å². The number of hydrogen-bond donors (Lipinski definition) is 1. The first-order chi connectivity index (χ1) is 11.7. The zero-order chi connectivity index (χ0) is 16.3.